The van der Waals surface area contributed by atoms with Crippen molar-refractivity contribution in [1.29, 1.82) is 0 Å². The number of methoxy groups -OCH3 is 1. The van der Waals surface area contributed by atoms with Crippen LogP contribution in [0.4, 0.5) is 0 Å². The van der Waals surface area contributed by atoms with Crippen molar-refractivity contribution >= 4 is 5.91 Å². The molecular weight excluding hydrogens is 366 g/mol. The minimum absolute atomic E-state index is 0.0310. The maximum Gasteiger partial charge on any atom is 0.272 e. The van der Waals surface area contributed by atoms with E-state index in [9.17, 15) is 4.79 Å². The van der Waals surface area contributed by atoms with Crippen LogP contribution in [0.25, 0.3) is 0 Å². The highest BCUT2D eigenvalue weighted by Crippen LogP contribution is 2.28. The summed E-state index contributed by atoms with van der Waals surface area (Å²) in [5.41, 5.74) is 3.42. The molecule has 1 aromatic heterocycles. The predicted octanol–water partition coefficient (Wildman–Crippen LogP) is 4.04. The summed E-state index contributed by atoms with van der Waals surface area (Å²) in [4.78, 5) is 17.3. The molecular formula is C23H25N3O3. The molecule has 2 aromatic carbocycles. The van der Waals surface area contributed by atoms with Gasteiger partial charge >= 0.3 is 0 Å². The smallest absolute Gasteiger partial charge is 0.272 e. The van der Waals surface area contributed by atoms with Gasteiger partial charge in [0.15, 0.2) is 5.69 Å². The van der Waals surface area contributed by atoms with Gasteiger partial charge in [-0.2, -0.15) is 0 Å². The zero-order valence-electron chi connectivity index (χ0n) is 16.7. The molecule has 1 aliphatic rings. The second kappa shape index (κ2) is 8.49. The molecule has 150 valence electrons. The Labute approximate surface area is 170 Å². The first-order chi connectivity index (χ1) is 14.2. The molecule has 0 unspecified atom stereocenters. The quantitative estimate of drug-likeness (QED) is 0.689. The molecule has 0 saturated carbocycles. The summed E-state index contributed by atoms with van der Waals surface area (Å²) in [6.45, 7) is 3.06. The average molecular weight is 391 g/mol. The maximum atomic E-state index is 12.9. The number of benzene rings is 2. The van der Waals surface area contributed by atoms with Crippen LogP contribution in [0.1, 0.15) is 52.8 Å². The van der Waals surface area contributed by atoms with E-state index in [4.69, 9.17) is 9.47 Å². The monoisotopic (exact) mass is 391 g/mol. The summed E-state index contributed by atoms with van der Waals surface area (Å²) in [5, 5.41) is 3.10. The van der Waals surface area contributed by atoms with Crippen molar-refractivity contribution in [3.63, 3.8) is 0 Å². The topological polar surface area (TPSA) is 65.4 Å². The lowest BCUT2D eigenvalue weighted by molar-refractivity contribution is 0.00256. The number of nitrogens with one attached hydrogen (secondary N) is 1. The number of amides is 1. The summed E-state index contributed by atoms with van der Waals surface area (Å²) in [6.07, 6.45) is 2.48. The Morgan fingerprint density at radius 2 is 2.00 bits per heavy atom. The van der Waals surface area contributed by atoms with Gasteiger partial charge in [0.2, 0.25) is 0 Å². The summed E-state index contributed by atoms with van der Waals surface area (Å²) in [7, 11) is 1.64. The molecule has 0 saturated heterocycles. The molecule has 0 spiro atoms. The molecule has 1 N–H and O–H groups in total. The molecule has 0 aliphatic carbocycles. The van der Waals surface area contributed by atoms with E-state index in [1.165, 1.54) is 0 Å². The maximum absolute atomic E-state index is 12.9. The van der Waals surface area contributed by atoms with Crippen LogP contribution in [-0.4, -0.2) is 22.6 Å². The summed E-state index contributed by atoms with van der Waals surface area (Å²) >= 11 is 0. The van der Waals surface area contributed by atoms with Crippen molar-refractivity contribution in [1.82, 2.24) is 14.9 Å². The number of rotatable bonds is 6. The largest absolute Gasteiger partial charge is 0.497 e. The average Bonchev–Trinajstić information content (AvgIpc) is 3.21. The Balaban J connectivity index is 1.48. The van der Waals surface area contributed by atoms with Gasteiger partial charge in [0.05, 0.1) is 38.3 Å². The lowest BCUT2D eigenvalue weighted by atomic mass is 10.0. The molecule has 0 radical (unpaired) electrons. The standard InChI is InChI=1S/C23H25N3O3/c1-3-19(16-9-11-18(28-2)12-10-16)25-23(27)22-20-14-29-21(13-26(20)15-24-22)17-7-5-4-6-8-17/h4-12,15,19,21H,3,13-14H2,1-2H3,(H,25,27)/t19-,21+/m0/s1. The van der Waals surface area contributed by atoms with E-state index in [1.54, 1.807) is 13.4 Å². The van der Waals surface area contributed by atoms with E-state index in [2.05, 4.69) is 22.4 Å². The second-order valence-electron chi connectivity index (χ2n) is 7.11. The van der Waals surface area contributed by atoms with E-state index in [-0.39, 0.29) is 18.1 Å². The van der Waals surface area contributed by atoms with Crippen molar-refractivity contribution < 1.29 is 14.3 Å². The normalized spacial score (nSPS) is 16.7. The van der Waals surface area contributed by atoms with Crippen LogP contribution >= 0.6 is 0 Å². The van der Waals surface area contributed by atoms with E-state index in [1.807, 2.05) is 54.0 Å². The lowest BCUT2D eigenvalue weighted by Gasteiger charge is -2.26. The molecule has 4 rings (SSSR count). The first kappa shape index (κ1) is 19.2. The van der Waals surface area contributed by atoms with Crippen molar-refractivity contribution in [2.45, 2.75) is 38.6 Å². The third kappa shape index (κ3) is 4.03. The van der Waals surface area contributed by atoms with Gasteiger partial charge in [-0.15, -0.1) is 0 Å². The molecule has 3 aromatic rings. The van der Waals surface area contributed by atoms with Gasteiger partial charge in [-0.05, 0) is 29.7 Å². The fourth-order valence-electron chi connectivity index (χ4n) is 3.67. The van der Waals surface area contributed by atoms with E-state index in [0.29, 0.717) is 18.8 Å². The number of nitrogens with zero attached hydrogens (tertiary/aromatic N) is 2. The number of ether oxygens (including phenoxy) is 2. The zero-order valence-corrected chi connectivity index (χ0v) is 16.7. The molecule has 0 bridgehead atoms. The number of carbonyl (C=O) groups excluding carboxylic acids is 1. The Morgan fingerprint density at radius 1 is 1.24 bits per heavy atom. The molecule has 2 atom stereocenters. The molecule has 6 heteroatoms. The van der Waals surface area contributed by atoms with Crippen LogP contribution in [0.2, 0.25) is 0 Å². The Kier molecular flexibility index (Phi) is 5.62. The Bertz CT molecular complexity index is 967. The van der Waals surface area contributed by atoms with Crippen molar-refractivity contribution in [2.24, 2.45) is 0 Å². The highest BCUT2D eigenvalue weighted by molar-refractivity contribution is 5.93. The van der Waals surface area contributed by atoms with Gasteiger partial charge in [0.1, 0.15) is 11.9 Å². The van der Waals surface area contributed by atoms with Gasteiger partial charge in [-0.3, -0.25) is 4.79 Å². The highest BCUT2D eigenvalue weighted by Gasteiger charge is 2.27. The minimum Gasteiger partial charge on any atom is -0.497 e. The molecule has 1 aliphatic heterocycles. The summed E-state index contributed by atoms with van der Waals surface area (Å²) in [5.74, 6) is 0.617. The number of aromatic nitrogens is 2. The van der Waals surface area contributed by atoms with E-state index in [0.717, 1.165) is 29.0 Å². The van der Waals surface area contributed by atoms with E-state index >= 15 is 0 Å². The van der Waals surface area contributed by atoms with Crippen molar-refractivity contribution in [3.8, 4) is 5.75 Å². The van der Waals surface area contributed by atoms with Crippen molar-refractivity contribution in [2.75, 3.05) is 7.11 Å². The van der Waals surface area contributed by atoms with Crippen LogP contribution < -0.4 is 10.1 Å². The number of imidazole rings is 1. The van der Waals surface area contributed by atoms with Crippen LogP contribution in [0, 0.1) is 0 Å². The van der Waals surface area contributed by atoms with Gasteiger partial charge < -0.3 is 19.4 Å². The second-order valence-corrected chi connectivity index (χ2v) is 7.11. The molecule has 6 nitrogen and oxygen atoms in total. The number of fused-ring (bicyclic) bond motifs is 1. The molecule has 2 heterocycles. The third-order valence-corrected chi connectivity index (χ3v) is 5.35. The van der Waals surface area contributed by atoms with Crippen LogP contribution in [-0.2, 0) is 17.9 Å². The predicted molar refractivity (Wildman–Crippen MR) is 110 cm³/mol. The Morgan fingerprint density at radius 3 is 2.69 bits per heavy atom. The lowest BCUT2D eigenvalue weighted by Crippen LogP contribution is -2.30. The number of hydrogen-bond donors (Lipinski definition) is 1. The van der Waals surface area contributed by atoms with E-state index < -0.39 is 0 Å². The molecule has 0 fully saturated rings. The molecule has 29 heavy (non-hydrogen) atoms. The van der Waals surface area contributed by atoms with Crippen LogP contribution in [0.5, 0.6) is 5.75 Å². The Hall–Kier alpha value is -3.12. The fourth-order valence-corrected chi connectivity index (χ4v) is 3.67. The number of hydrogen-bond acceptors (Lipinski definition) is 4. The SMILES string of the molecule is CC[C@H](NC(=O)c1ncn2c1CO[C@@H](c1ccccc1)C2)c1ccc(OC)cc1. The minimum atomic E-state index is -0.178. The first-order valence-corrected chi connectivity index (χ1v) is 9.85. The van der Waals surface area contributed by atoms with Crippen molar-refractivity contribution in [3.05, 3.63) is 83.4 Å². The van der Waals surface area contributed by atoms with Gasteiger partial charge in [-0.25, -0.2) is 4.98 Å². The van der Waals surface area contributed by atoms with Gasteiger partial charge in [-0.1, -0.05) is 49.4 Å². The van der Waals surface area contributed by atoms with Crippen LogP contribution in [0.3, 0.4) is 0 Å². The van der Waals surface area contributed by atoms with Crippen LogP contribution in [0.15, 0.2) is 60.9 Å². The van der Waals surface area contributed by atoms with Gasteiger partial charge in [0, 0.05) is 0 Å². The van der Waals surface area contributed by atoms with Gasteiger partial charge in [0.25, 0.3) is 5.91 Å². The summed E-state index contributed by atoms with van der Waals surface area (Å²) < 4.78 is 13.3. The first-order valence-electron chi connectivity index (χ1n) is 9.85. The summed E-state index contributed by atoms with van der Waals surface area (Å²) in [6, 6.07) is 17.8. The molecule has 1 amide bonds. The number of carbonyl (C=O) groups is 1. The zero-order chi connectivity index (χ0) is 20.2. The third-order valence-electron chi connectivity index (χ3n) is 5.35. The fraction of sp³-hybridized carbons (Fsp3) is 0.304. The highest BCUT2D eigenvalue weighted by atomic mass is 16.5.